The Balaban J connectivity index is 2.10. The van der Waals surface area contributed by atoms with Gasteiger partial charge in [0.25, 0.3) is 5.91 Å². The summed E-state index contributed by atoms with van der Waals surface area (Å²) in [6.45, 7) is 5.12. The first-order valence-electron chi connectivity index (χ1n) is 7.58. The third-order valence-electron chi connectivity index (χ3n) is 4.27. The van der Waals surface area contributed by atoms with Crippen LogP contribution in [0.25, 0.3) is 0 Å². The average molecular weight is 275 g/mol. The van der Waals surface area contributed by atoms with E-state index < -0.39 is 0 Å². The fourth-order valence-electron chi connectivity index (χ4n) is 2.90. The van der Waals surface area contributed by atoms with Gasteiger partial charge in [-0.05, 0) is 44.6 Å². The molecule has 4 nitrogen and oxygen atoms in total. The molecule has 1 N–H and O–H groups in total. The molecule has 0 spiro atoms. The van der Waals surface area contributed by atoms with E-state index in [0.717, 1.165) is 31.0 Å². The molecule has 1 aromatic heterocycles. The van der Waals surface area contributed by atoms with Crippen LogP contribution in [0.5, 0.6) is 0 Å². The lowest BCUT2D eigenvalue weighted by molar-refractivity contribution is 0.0680. The van der Waals surface area contributed by atoms with Crippen molar-refractivity contribution in [1.29, 1.82) is 0 Å². The lowest BCUT2D eigenvalue weighted by Crippen LogP contribution is -2.39. The molecule has 1 amide bonds. The fourth-order valence-corrected chi connectivity index (χ4v) is 2.90. The van der Waals surface area contributed by atoms with E-state index in [1.54, 1.807) is 12.4 Å². The van der Waals surface area contributed by atoms with Crippen LogP contribution in [0.1, 0.15) is 49.9 Å². The number of anilines is 1. The molecule has 0 atom stereocenters. The summed E-state index contributed by atoms with van der Waals surface area (Å²) in [5.41, 5.74) is 1.55. The van der Waals surface area contributed by atoms with Crippen LogP contribution >= 0.6 is 0 Å². The Labute approximate surface area is 121 Å². The van der Waals surface area contributed by atoms with Crippen molar-refractivity contribution in [1.82, 2.24) is 9.88 Å². The number of nitrogens with one attached hydrogen (secondary N) is 1. The molecule has 1 saturated carbocycles. The first kappa shape index (κ1) is 14.8. The van der Waals surface area contributed by atoms with Gasteiger partial charge in [0.05, 0.1) is 11.3 Å². The zero-order valence-electron chi connectivity index (χ0n) is 12.7. The number of hydrogen-bond donors (Lipinski definition) is 1. The molecule has 2 rings (SSSR count). The number of pyridine rings is 1. The summed E-state index contributed by atoms with van der Waals surface area (Å²) in [5.74, 6) is 0.874. The van der Waals surface area contributed by atoms with Crippen molar-refractivity contribution in [2.75, 3.05) is 18.9 Å². The number of nitrogens with zero attached hydrogens (tertiary/aromatic N) is 2. The minimum absolute atomic E-state index is 0.0774. The summed E-state index contributed by atoms with van der Waals surface area (Å²) in [7, 11) is 1.92. The van der Waals surface area contributed by atoms with Crippen molar-refractivity contribution in [3.63, 3.8) is 0 Å². The number of hydrogen-bond acceptors (Lipinski definition) is 3. The van der Waals surface area contributed by atoms with E-state index in [1.165, 1.54) is 12.8 Å². The maximum Gasteiger partial charge on any atom is 0.257 e. The maximum absolute atomic E-state index is 12.7. The second-order valence-corrected chi connectivity index (χ2v) is 5.78. The molecule has 0 bridgehead atoms. The van der Waals surface area contributed by atoms with Crippen LogP contribution in [-0.2, 0) is 0 Å². The number of amides is 1. The Morgan fingerprint density at radius 3 is 2.75 bits per heavy atom. The zero-order valence-corrected chi connectivity index (χ0v) is 12.7. The van der Waals surface area contributed by atoms with Crippen molar-refractivity contribution in [3.05, 3.63) is 24.0 Å². The van der Waals surface area contributed by atoms with Gasteiger partial charge in [-0.3, -0.25) is 9.78 Å². The normalized spacial score (nSPS) is 22.4. The second kappa shape index (κ2) is 6.73. The molecular weight excluding hydrogens is 250 g/mol. The Morgan fingerprint density at radius 1 is 1.40 bits per heavy atom. The lowest BCUT2D eigenvalue weighted by atomic mass is 9.86. The molecule has 0 aliphatic heterocycles. The number of carbonyl (C=O) groups is 1. The van der Waals surface area contributed by atoms with Gasteiger partial charge in [-0.25, -0.2) is 0 Å². The van der Waals surface area contributed by atoms with Gasteiger partial charge in [-0.15, -0.1) is 0 Å². The molecule has 1 fully saturated rings. The van der Waals surface area contributed by atoms with E-state index in [9.17, 15) is 4.79 Å². The van der Waals surface area contributed by atoms with Crippen LogP contribution in [0.15, 0.2) is 18.5 Å². The van der Waals surface area contributed by atoms with Gasteiger partial charge in [0, 0.05) is 32.0 Å². The highest BCUT2D eigenvalue weighted by Crippen LogP contribution is 2.28. The monoisotopic (exact) mass is 275 g/mol. The van der Waals surface area contributed by atoms with Gasteiger partial charge in [-0.1, -0.05) is 6.92 Å². The van der Waals surface area contributed by atoms with Gasteiger partial charge in [0.15, 0.2) is 0 Å². The van der Waals surface area contributed by atoms with Gasteiger partial charge < -0.3 is 10.2 Å². The summed E-state index contributed by atoms with van der Waals surface area (Å²) in [5, 5.41) is 3.23. The van der Waals surface area contributed by atoms with E-state index in [2.05, 4.69) is 17.2 Å². The molecular formula is C16H25N3O. The van der Waals surface area contributed by atoms with Crippen molar-refractivity contribution in [2.45, 2.75) is 45.6 Å². The summed E-state index contributed by atoms with van der Waals surface area (Å²) in [6, 6.07) is 2.24. The molecule has 1 aliphatic rings. The third-order valence-corrected chi connectivity index (χ3v) is 4.27. The van der Waals surface area contributed by atoms with Crippen LogP contribution in [0.4, 0.5) is 5.69 Å². The van der Waals surface area contributed by atoms with Crippen LogP contribution in [0.2, 0.25) is 0 Å². The summed E-state index contributed by atoms with van der Waals surface area (Å²) >= 11 is 0. The molecule has 1 heterocycles. The number of aromatic nitrogens is 1. The van der Waals surface area contributed by atoms with Crippen molar-refractivity contribution < 1.29 is 4.79 Å². The van der Waals surface area contributed by atoms with Crippen LogP contribution in [0, 0.1) is 5.92 Å². The van der Waals surface area contributed by atoms with Crippen LogP contribution in [-0.4, -0.2) is 35.4 Å². The quantitative estimate of drug-likeness (QED) is 0.918. The van der Waals surface area contributed by atoms with Gasteiger partial charge in [-0.2, -0.15) is 0 Å². The predicted octanol–water partition coefficient (Wildman–Crippen LogP) is 3.16. The first-order valence-corrected chi connectivity index (χ1v) is 7.58. The Kier molecular flexibility index (Phi) is 4.99. The molecule has 0 radical (unpaired) electrons. The largest absolute Gasteiger partial charge is 0.385 e. The van der Waals surface area contributed by atoms with E-state index in [0.29, 0.717) is 11.6 Å². The number of rotatable bonds is 4. The molecule has 0 saturated heterocycles. The lowest BCUT2D eigenvalue weighted by Gasteiger charge is -2.33. The highest BCUT2D eigenvalue weighted by atomic mass is 16.2. The van der Waals surface area contributed by atoms with E-state index in [-0.39, 0.29) is 5.91 Å². The zero-order chi connectivity index (χ0) is 14.5. The predicted molar refractivity (Wildman–Crippen MR) is 81.9 cm³/mol. The minimum atomic E-state index is 0.0774. The highest BCUT2D eigenvalue weighted by Gasteiger charge is 2.26. The summed E-state index contributed by atoms with van der Waals surface area (Å²) in [4.78, 5) is 18.7. The van der Waals surface area contributed by atoms with E-state index >= 15 is 0 Å². The van der Waals surface area contributed by atoms with E-state index in [4.69, 9.17) is 0 Å². The highest BCUT2D eigenvalue weighted by molar-refractivity contribution is 5.99. The second-order valence-electron chi connectivity index (χ2n) is 5.78. The van der Waals surface area contributed by atoms with Gasteiger partial charge >= 0.3 is 0 Å². The Hall–Kier alpha value is -1.58. The van der Waals surface area contributed by atoms with Crippen LogP contribution < -0.4 is 5.32 Å². The molecule has 1 aliphatic carbocycles. The smallest absolute Gasteiger partial charge is 0.257 e. The van der Waals surface area contributed by atoms with Gasteiger partial charge in [0.2, 0.25) is 0 Å². The van der Waals surface area contributed by atoms with Crippen LogP contribution in [0.3, 0.4) is 0 Å². The maximum atomic E-state index is 12.7. The minimum Gasteiger partial charge on any atom is -0.385 e. The molecule has 4 heteroatoms. The molecule has 20 heavy (non-hydrogen) atoms. The Bertz CT molecular complexity index is 453. The molecule has 0 unspecified atom stereocenters. The van der Waals surface area contributed by atoms with E-state index in [1.807, 2.05) is 24.9 Å². The van der Waals surface area contributed by atoms with Crippen molar-refractivity contribution >= 4 is 11.6 Å². The SMILES string of the molecule is CCNc1ccncc1C(=O)N(C)C1CCC(C)CC1. The number of carbonyl (C=O) groups excluding carboxylic acids is 1. The van der Waals surface area contributed by atoms with Gasteiger partial charge in [0.1, 0.15) is 0 Å². The fraction of sp³-hybridized carbons (Fsp3) is 0.625. The molecule has 1 aromatic rings. The standard InChI is InChI=1S/C16H25N3O/c1-4-18-15-9-10-17-11-14(15)16(20)19(3)13-7-5-12(2)6-8-13/h9-13H,4-8H2,1-3H3,(H,17,18). The first-order chi connectivity index (χ1) is 9.63. The van der Waals surface area contributed by atoms with Crippen molar-refractivity contribution in [2.24, 2.45) is 5.92 Å². The topological polar surface area (TPSA) is 45.2 Å². The molecule has 110 valence electrons. The Morgan fingerprint density at radius 2 is 2.10 bits per heavy atom. The van der Waals surface area contributed by atoms with Crippen molar-refractivity contribution in [3.8, 4) is 0 Å². The average Bonchev–Trinajstić information content (AvgIpc) is 2.47. The third kappa shape index (κ3) is 3.30. The summed E-state index contributed by atoms with van der Waals surface area (Å²) < 4.78 is 0. The summed E-state index contributed by atoms with van der Waals surface area (Å²) in [6.07, 6.45) is 8.05. The molecule has 0 aromatic carbocycles.